The van der Waals surface area contributed by atoms with Crippen LogP contribution in [0.25, 0.3) is 0 Å². The second-order valence-electron chi connectivity index (χ2n) is 5.60. The molecule has 6 nitrogen and oxygen atoms in total. The van der Waals surface area contributed by atoms with Crippen molar-refractivity contribution in [2.24, 2.45) is 0 Å². The molecule has 0 rings (SSSR count). The molecule has 142 valence electrons. The molecular weight excluding hydrogens is 342 g/mol. The first-order valence-corrected chi connectivity index (χ1v) is 12.1. The van der Waals surface area contributed by atoms with Crippen molar-refractivity contribution in [1.29, 1.82) is 0 Å². The first-order chi connectivity index (χ1) is 11.5. The van der Waals surface area contributed by atoms with Crippen LogP contribution >= 0.6 is 0 Å². The lowest BCUT2D eigenvalue weighted by Crippen LogP contribution is -2.60. The molecular formula is C16H35NO5Si2. The molecule has 0 saturated heterocycles. The van der Waals surface area contributed by atoms with Gasteiger partial charge in [-0.3, -0.25) is 4.90 Å². The van der Waals surface area contributed by atoms with E-state index in [1.54, 1.807) is 35.5 Å². The molecule has 0 aliphatic rings. The molecule has 0 aliphatic heterocycles. The van der Waals surface area contributed by atoms with Crippen LogP contribution in [0.1, 0.15) is 13.3 Å². The van der Waals surface area contributed by atoms with Gasteiger partial charge in [0.25, 0.3) is 0 Å². The van der Waals surface area contributed by atoms with Gasteiger partial charge < -0.3 is 22.1 Å². The Labute approximate surface area is 150 Å². The Balaban J connectivity index is 5.10. The molecule has 8 heteroatoms. The molecule has 0 N–H and O–H groups in total. The number of nitrogens with zero attached hydrogens (tertiary/aromatic N) is 1. The maximum Gasteiger partial charge on any atom is 0.505 e. The Morgan fingerprint density at radius 1 is 0.875 bits per heavy atom. The molecule has 24 heavy (non-hydrogen) atoms. The highest BCUT2D eigenvalue weighted by Crippen LogP contribution is 2.37. The van der Waals surface area contributed by atoms with Gasteiger partial charge in [-0.1, -0.05) is 19.1 Å². The van der Waals surface area contributed by atoms with Gasteiger partial charge in [-0.15, -0.1) is 13.2 Å². The van der Waals surface area contributed by atoms with Gasteiger partial charge in [0.1, 0.15) is 0 Å². The Hall–Kier alpha value is -0.326. The summed E-state index contributed by atoms with van der Waals surface area (Å²) in [7, 11) is 2.89. The Kier molecular flexibility index (Phi) is 11.9. The maximum absolute atomic E-state index is 5.91. The predicted molar refractivity (Wildman–Crippen MR) is 102 cm³/mol. The Morgan fingerprint density at radius 2 is 1.33 bits per heavy atom. The molecule has 0 heterocycles. The van der Waals surface area contributed by atoms with E-state index in [1.165, 1.54) is 0 Å². The minimum Gasteiger partial charge on any atom is -0.397 e. The largest absolute Gasteiger partial charge is 0.505 e. The maximum atomic E-state index is 5.91. The number of rotatable bonds is 15. The van der Waals surface area contributed by atoms with Crippen molar-refractivity contribution in [2.45, 2.75) is 24.6 Å². The van der Waals surface area contributed by atoms with E-state index in [0.717, 1.165) is 32.1 Å². The third-order valence-corrected chi connectivity index (χ3v) is 13.4. The topological polar surface area (TPSA) is 49.4 Å². The third-order valence-electron chi connectivity index (χ3n) is 4.51. The quantitative estimate of drug-likeness (QED) is 0.323. The smallest absolute Gasteiger partial charge is 0.397 e. The Bertz CT molecular complexity index is 344. The minimum absolute atomic E-state index is 0.0488. The second-order valence-corrected chi connectivity index (χ2v) is 13.3. The van der Waals surface area contributed by atoms with Crippen LogP contribution < -0.4 is 0 Å². The lowest BCUT2D eigenvalue weighted by Gasteiger charge is -2.40. The zero-order valence-corrected chi connectivity index (χ0v) is 18.2. The van der Waals surface area contributed by atoms with Crippen molar-refractivity contribution in [3.8, 4) is 0 Å². The van der Waals surface area contributed by atoms with E-state index in [2.05, 4.69) is 18.1 Å². The highest BCUT2D eigenvalue weighted by molar-refractivity contribution is 6.85. The zero-order chi connectivity index (χ0) is 18.6. The van der Waals surface area contributed by atoms with E-state index in [4.69, 9.17) is 22.1 Å². The average molecular weight is 378 g/mol. The van der Waals surface area contributed by atoms with Crippen LogP contribution in [0.4, 0.5) is 0 Å². The summed E-state index contributed by atoms with van der Waals surface area (Å²) in [6, 6.07) is 0.830. The molecule has 1 unspecified atom stereocenters. The summed E-state index contributed by atoms with van der Waals surface area (Å²) in [5.41, 5.74) is 0. The van der Waals surface area contributed by atoms with Gasteiger partial charge in [0.2, 0.25) is 0 Å². The normalized spacial score (nSPS) is 14.0. The molecule has 0 radical (unpaired) electrons. The summed E-state index contributed by atoms with van der Waals surface area (Å²) in [5.74, 6) is 0. The van der Waals surface area contributed by atoms with Crippen molar-refractivity contribution in [3.05, 3.63) is 25.3 Å². The lowest BCUT2D eigenvalue weighted by molar-refractivity contribution is 0.111. The van der Waals surface area contributed by atoms with Gasteiger partial charge in [-0.25, -0.2) is 0 Å². The van der Waals surface area contributed by atoms with E-state index in [-0.39, 0.29) is 5.16 Å². The number of hydrogen-bond acceptors (Lipinski definition) is 6. The first-order valence-electron chi connectivity index (χ1n) is 8.15. The minimum atomic E-state index is -2.84. The van der Waals surface area contributed by atoms with Gasteiger partial charge >= 0.3 is 17.4 Å². The van der Waals surface area contributed by atoms with E-state index in [9.17, 15) is 0 Å². The molecule has 0 amide bonds. The molecule has 0 aromatic rings. The summed E-state index contributed by atoms with van der Waals surface area (Å²) in [5, 5.41) is -0.0488. The molecule has 0 saturated carbocycles. The fraction of sp³-hybridized carbons (Fsp3) is 0.750. The van der Waals surface area contributed by atoms with Crippen molar-refractivity contribution in [1.82, 2.24) is 4.90 Å². The van der Waals surface area contributed by atoms with Crippen molar-refractivity contribution in [2.75, 3.05) is 55.2 Å². The van der Waals surface area contributed by atoms with Crippen LogP contribution in [-0.4, -0.2) is 77.4 Å². The van der Waals surface area contributed by atoms with Crippen LogP contribution in [0.2, 0.25) is 11.2 Å². The van der Waals surface area contributed by atoms with Crippen LogP contribution in [0, 0.1) is 0 Å². The highest BCUT2D eigenvalue weighted by atomic mass is 28.4. The zero-order valence-electron chi connectivity index (χ0n) is 16.2. The summed E-state index contributed by atoms with van der Waals surface area (Å²) in [6.45, 7) is 12.3. The molecule has 0 bridgehead atoms. The van der Waals surface area contributed by atoms with Gasteiger partial charge in [0, 0.05) is 48.6 Å². The van der Waals surface area contributed by atoms with Crippen molar-refractivity contribution >= 4 is 17.4 Å². The molecule has 0 aromatic carbocycles. The monoisotopic (exact) mass is 377 g/mol. The molecule has 0 aromatic heterocycles. The van der Waals surface area contributed by atoms with Crippen molar-refractivity contribution < 1.29 is 22.1 Å². The van der Waals surface area contributed by atoms with Crippen LogP contribution in [0.5, 0.6) is 0 Å². The highest BCUT2D eigenvalue weighted by Gasteiger charge is 2.58. The number of hydrogen-bond donors (Lipinski definition) is 0. The second kappa shape index (κ2) is 12.1. The van der Waals surface area contributed by atoms with Crippen LogP contribution in [-0.2, 0) is 22.1 Å². The standard InChI is InChI=1S/C16H35NO5Si2/c1-9-12-17(13-10-2)14-11-15-23(18-4,19-5)16(3)24(20-6,21-7)22-8/h9-10,16H,1-2,11-15H2,3-8H3. The van der Waals surface area contributed by atoms with Gasteiger partial charge in [-0.2, -0.15) is 0 Å². The Morgan fingerprint density at radius 3 is 1.67 bits per heavy atom. The molecule has 0 fully saturated rings. The molecule has 1 atom stereocenters. The van der Waals surface area contributed by atoms with E-state index in [1.807, 2.05) is 19.1 Å². The van der Waals surface area contributed by atoms with Gasteiger partial charge in [0.05, 0.1) is 5.16 Å². The van der Waals surface area contributed by atoms with E-state index < -0.39 is 17.4 Å². The van der Waals surface area contributed by atoms with Crippen LogP contribution in [0.15, 0.2) is 25.3 Å². The lowest BCUT2D eigenvalue weighted by atomic mass is 10.4. The summed E-state index contributed by atoms with van der Waals surface area (Å²) < 4.78 is 28.8. The van der Waals surface area contributed by atoms with Crippen molar-refractivity contribution in [3.63, 3.8) is 0 Å². The SMILES string of the molecule is C=CCN(CC=C)CCC[Si](OC)(OC)C(C)[Si](OC)(OC)OC. The fourth-order valence-electron chi connectivity index (χ4n) is 3.08. The third kappa shape index (κ3) is 5.89. The van der Waals surface area contributed by atoms with E-state index >= 15 is 0 Å². The van der Waals surface area contributed by atoms with Gasteiger partial charge in [-0.05, 0) is 19.0 Å². The fourth-order valence-corrected chi connectivity index (χ4v) is 11.4. The van der Waals surface area contributed by atoms with Crippen LogP contribution in [0.3, 0.4) is 0 Å². The molecule has 0 aliphatic carbocycles. The predicted octanol–water partition coefficient (Wildman–Crippen LogP) is 2.59. The first kappa shape index (κ1) is 23.7. The molecule has 0 spiro atoms. The summed E-state index contributed by atoms with van der Waals surface area (Å²) >= 11 is 0. The average Bonchev–Trinajstić information content (AvgIpc) is 2.61. The summed E-state index contributed by atoms with van der Waals surface area (Å²) in [4.78, 5) is 2.28. The van der Waals surface area contributed by atoms with E-state index in [0.29, 0.717) is 0 Å². The van der Waals surface area contributed by atoms with Gasteiger partial charge in [0.15, 0.2) is 0 Å². The summed E-state index contributed by atoms with van der Waals surface area (Å²) in [6.07, 6.45) is 4.76.